The van der Waals surface area contributed by atoms with Crippen molar-refractivity contribution in [2.75, 3.05) is 11.9 Å². The zero-order chi connectivity index (χ0) is 22.8. The fraction of sp³-hybridized carbons (Fsp3) is 0.409. The van der Waals surface area contributed by atoms with Gasteiger partial charge in [-0.05, 0) is 51.3 Å². The van der Waals surface area contributed by atoms with Crippen LogP contribution in [-0.2, 0) is 13.6 Å². The lowest BCUT2D eigenvalue weighted by atomic mass is 10.2. The third kappa shape index (κ3) is 4.18. The molecule has 3 aromatic rings. The Morgan fingerprint density at radius 1 is 1.25 bits per heavy atom. The Morgan fingerprint density at radius 3 is 2.66 bits per heavy atom. The van der Waals surface area contributed by atoms with Gasteiger partial charge < -0.3 is 14.8 Å². The van der Waals surface area contributed by atoms with Crippen molar-refractivity contribution in [3.63, 3.8) is 0 Å². The molecule has 2 aromatic heterocycles. The number of guanidine groups is 1. The Bertz CT molecular complexity index is 1180. The average molecular weight is 452 g/mol. The second-order valence-corrected chi connectivity index (χ2v) is 8.44. The van der Waals surface area contributed by atoms with Crippen LogP contribution in [-0.4, -0.2) is 41.9 Å². The molecule has 1 fully saturated rings. The monoisotopic (exact) mass is 451 g/mol. The summed E-state index contributed by atoms with van der Waals surface area (Å²) < 4.78 is 3.94. The number of anilines is 1. The molecule has 0 spiro atoms. The van der Waals surface area contributed by atoms with E-state index < -0.39 is 0 Å². The first-order valence-electron chi connectivity index (χ1n) is 10.5. The second kappa shape index (κ2) is 9.01. The Morgan fingerprint density at radius 2 is 2.00 bits per heavy atom. The van der Waals surface area contributed by atoms with Crippen molar-refractivity contribution in [1.29, 1.82) is 5.26 Å². The maximum absolute atomic E-state index is 9.38. The number of aromatic nitrogens is 5. The Labute approximate surface area is 192 Å². The van der Waals surface area contributed by atoms with Crippen LogP contribution in [0, 0.1) is 32.2 Å². The van der Waals surface area contributed by atoms with Gasteiger partial charge in [-0.1, -0.05) is 23.7 Å². The highest BCUT2D eigenvalue weighted by atomic mass is 35.5. The normalized spacial score (nSPS) is 16.4. The number of halogens is 1. The largest absolute Gasteiger partial charge is 0.332 e. The number of aliphatic imine (C=N–C) groups is 1. The van der Waals surface area contributed by atoms with Gasteiger partial charge in [-0.25, -0.2) is 0 Å². The standard InChI is InChI=1S/C22H26ClN9/c1-14-20(15(2)30(4)29-14)26-22(25-13-24)31-11-5-6-19(31)21-28-27-16(3)32(21)12-17-7-9-18(23)10-8-17/h7-10,19H,5-6,11-12H2,1-4H3,(H,25,26)/t19-/m1/s1. The third-order valence-corrected chi connectivity index (χ3v) is 6.19. The lowest BCUT2D eigenvalue weighted by molar-refractivity contribution is 0.372. The van der Waals surface area contributed by atoms with E-state index in [1.54, 1.807) is 0 Å². The molecule has 9 nitrogen and oxygen atoms in total. The summed E-state index contributed by atoms with van der Waals surface area (Å²) in [6.07, 6.45) is 3.81. The van der Waals surface area contributed by atoms with Gasteiger partial charge in [-0.3, -0.25) is 4.68 Å². The molecule has 10 heteroatoms. The van der Waals surface area contributed by atoms with Crippen LogP contribution in [0.4, 0.5) is 5.69 Å². The fourth-order valence-electron chi connectivity index (χ4n) is 4.18. The molecule has 1 aliphatic heterocycles. The highest BCUT2D eigenvalue weighted by Crippen LogP contribution is 2.33. The predicted molar refractivity (Wildman–Crippen MR) is 123 cm³/mol. The summed E-state index contributed by atoms with van der Waals surface area (Å²) in [6, 6.07) is 7.75. The fourth-order valence-corrected chi connectivity index (χ4v) is 4.30. The average Bonchev–Trinajstić information content (AvgIpc) is 3.44. The lowest BCUT2D eigenvalue weighted by Crippen LogP contribution is -2.37. The highest BCUT2D eigenvalue weighted by Gasteiger charge is 2.33. The molecule has 32 heavy (non-hydrogen) atoms. The van der Waals surface area contributed by atoms with E-state index in [0.717, 1.165) is 53.7 Å². The van der Waals surface area contributed by atoms with E-state index in [1.165, 1.54) is 0 Å². The van der Waals surface area contributed by atoms with Crippen LogP contribution in [0.15, 0.2) is 29.3 Å². The first-order valence-corrected chi connectivity index (χ1v) is 10.9. The molecule has 166 valence electrons. The maximum atomic E-state index is 9.38. The molecule has 0 unspecified atom stereocenters. The quantitative estimate of drug-likeness (QED) is 0.368. The highest BCUT2D eigenvalue weighted by molar-refractivity contribution is 6.30. The molecule has 3 heterocycles. The van der Waals surface area contributed by atoms with Crippen molar-refractivity contribution >= 4 is 23.2 Å². The van der Waals surface area contributed by atoms with Crippen molar-refractivity contribution in [3.8, 4) is 6.19 Å². The van der Waals surface area contributed by atoms with Gasteiger partial charge in [0.05, 0.1) is 29.7 Å². The van der Waals surface area contributed by atoms with Crippen LogP contribution in [0.25, 0.3) is 0 Å². The number of nitrogens with one attached hydrogen (secondary N) is 1. The van der Waals surface area contributed by atoms with Gasteiger partial charge in [-0.2, -0.15) is 10.4 Å². The predicted octanol–water partition coefficient (Wildman–Crippen LogP) is 3.72. The van der Waals surface area contributed by atoms with Gasteiger partial charge in [0.15, 0.2) is 5.82 Å². The van der Waals surface area contributed by atoms with E-state index in [4.69, 9.17) is 11.6 Å². The van der Waals surface area contributed by atoms with Crippen molar-refractivity contribution in [1.82, 2.24) is 29.4 Å². The van der Waals surface area contributed by atoms with Gasteiger partial charge >= 0.3 is 0 Å². The summed E-state index contributed by atoms with van der Waals surface area (Å²) in [7, 11) is 1.90. The summed E-state index contributed by atoms with van der Waals surface area (Å²) in [6.45, 7) is 7.29. The van der Waals surface area contributed by atoms with Crippen LogP contribution in [0.3, 0.4) is 0 Å². The number of hydrogen-bond acceptors (Lipinski definition) is 5. The zero-order valence-electron chi connectivity index (χ0n) is 18.7. The van der Waals surface area contributed by atoms with Gasteiger partial charge in [-0.15, -0.1) is 15.2 Å². The molecule has 1 atom stereocenters. The van der Waals surface area contributed by atoms with Gasteiger partial charge in [0.25, 0.3) is 0 Å². The zero-order valence-corrected chi connectivity index (χ0v) is 19.4. The van der Waals surface area contributed by atoms with E-state index in [9.17, 15) is 5.26 Å². The smallest absolute Gasteiger partial charge is 0.215 e. The van der Waals surface area contributed by atoms with Crippen LogP contribution in [0.5, 0.6) is 0 Å². The summed E-state index contributed by atoms with van der Waals surface area (Å²) in [5.74, 6) is 2.21. The van der Waals surface area contributed by atoms with Crippen LogP contribution in [0.2, 0.25) is 5.02 Å². The molecule has 1 saturated heterocycles. The molecular weight excluding hydrogens is 426 g/mol. The number of hydrogen-bond donors (Lipinski definition) is 1. The van der Waals surface area contributed by atoms with Gasteiger partial charge in [0, 0.05) is 18.6 Å². The van der Waals surface area contributed by atoms with Gasteiger partial charge in [0.1, 0.15) is 5.82 Å². The Hall–Kier alpha value is -3.38. The Balaban J connectivity index is 1.65. The molecular formula is C22H26ClN9. The van der Waals surface area contributed by atoms with Crippen molar-refractivity contribution in [3.05, 3.63) is 57.9 Å². The van der Waals surface area contributed by atoms with Crippen molar-refractivity contribution < 1.29 is 0 Å². The summed E-state index contributed by atoms with van der Waals surface area (Å²) in [5.41, 5.74) is 3.82. The van der Waals surface area contributed by atoms with E-state index in [2.05, 4.69) is 35.1 Å². The van der Waals surface area contributed by atoms with Crippen LogP contribution in [0.1, 0.15) is 47.5 Å². The van der Waals surface area contributed by atoms with Crippen molar-refractivity contribution in [2.24, 2.45) is 12.0 Å². The van der Waals surface area contributed by atoms with E-state index >= 15 is 0 Å². The number of aryl methyl sites for hydroxylation is 3. The van der Waals surface area contributed by atoms with Crippen LogP contribution < -0.4 is 5.32 Å². The number of likely N-dealkylation sites (tertiary alicyclic amines) is 1. The first kappa shape index (κ1) is 21.8. The molecule has 0 saturated carbocycles. The SMILES string of the molecule is Cc1nn(C)c(C)c1N/C(=N\C#N)N1CCC[C@@H]1c1nnc(C)n1Cc1ccc(Cl)cc1. The molecule has 1 N–H and O–H groups in total. The number of rotatable bonds is 4. The summed E-state index contributed by atoms with van der Waals surface area (Å²) >= 11 is 6.04. The molecule has 0 bridgehead atoms. The number of nitrogens with zero attached hydrogens (tertiary/aromatic N) is 8. The summed E-state index contributed by atoms with van der Waals surface area (Å²) in [5, 5.41) is 26.8. The first-order chi connectivity index (χ1) is 15.4. The van der Waals surface area contributed by atoms with Crippen molar-refractivity contribution in [2.45, 2.75) is 46.2 Å². The maximum Gasteiger partial charge on any atom is 0.215 e. The topological polar surface area (TPSA) is 99.9 Å². The van der Waals surface area contributed by atoms with Crippen LogP contribution >= 0.6 is 11.6 Å². The molecule has 0 radical (unpaired) electrons. The summed E-state index contributed by atoms with van der Waals surface area (Å²) in [4.78, 5) is 6.23. The number of nitriles is 1. The third-order valence-electron chi connectivity index (χ3n) is 5.94. The van der Waals surface area contributed by atoms with E-state index in [0.29, 0.717) is 17.5 Å². The molecule has 1 aliphatic rings. The molecule has 1 aromatic carbocycles. The van der Waals surface area contributed by atoms with E-state index in [1.807, 2.05) is 63.0 Å². The van der Waals surface area contributed by atoms with Gasteiger partial charge in [0.2, 0.25) is 12.2 Å². The minimum absolute atomic E-state index is 0.0413. The lowest BCUT2D eigenvalue weighted by Gasteiger charge is -2.27. The molecule has 4 rings (SSSR count). The minimum Gasteiger partial charge on any atom is -0.332 e. The Kier molecular flexibility index (Phi) is 6.15. The molecule has 0 amide bonds. The van der Waals surface area contributed by atoms with E-state index in [-0.39, 0.29) is 6.04 Å². The second-order valence-electron chi connectivity index (χ2n) is 8.00. The minimum atomic E-state index is -0.0413. The molecule has 0 aliphatic carbocycles. The number of benzene rings is 1.